The van der Waals surface area contributed by atoms with Gasteiger partial charge >= 0.3 is 6.56 Å². The van der Waals surface area contributed by atoms with Gasteiger partial charge in [0.15, 0.2) is 15.7 Å². The highest BCUT2D eigenvalue weighted by Gasteiger charge is 2.19. The average molecular weight is 256 g/mol. The molecule has 8 heteroatoms. The molecule has 1 rings (SSSR count). The van der Waals surface area contributed by atoms with E-state index in [0.29, 0.717) is 5.69 Å². The lowest BCUT2D eigenvalue weighted by Gasteiger charge is -2.05. The van der Waals surface area contributed by atoms with Crippen LogP contribution in [0.1, 0.15) is 0 Å². The van der Waals surface area contributed by atoms with E-state index in [4.69, 9.17) is 5.11 Å². The van der Waals surface area contributed by atoms with Crippen LogP contribution in [0.5, 0.6) is 0 Å². The number of hydrogen-bond donors (Lipinski definition) is 3. The molecular formula is C9H13BN2O4S. The number of hydrogen-bond acceptors (Lipinski definition) is 4. The standard InChI is InChI=1S/C9H13BN2O4S/c13-7-6-11-17(15,16)10-9(14)12-8-4-2-1-3-5-8/h1-5,10-11,13H,6-7H2,(H,12,14). The fourth-order valence-corrected chi connectivity index (χ4v) is 2.07. The third-order valence-corrected chi connectivity index (χ3v) is 3.10. The van der Waals surface area contributed by atoms with Crippen molar-refractivity contribution < 1.29 is 18.3 Å². The number of carbonyl (C=O) groups excluding carboxylic acids is 1. The Bertz CT molecular complexity index is 463. The maximum Gasteiger partial charge on any atom is 0.398 e. The van der Waals surface area contributed by atoms with Crippen LogP contribution < -0.4 is 10.0 Å². The molecular weight excluding hydrogens is 243 g/mol. The molecule has 0 bridgehead atoms. The van der Waals surface area contributed by atoms with Gasteiger partial charge in [-0.1, -0.05) is 18.2 Å². The number of rotatable bonds is 6. The second-order valence-electron chi connectivity index (χ2n) is 3.29. The molecule has 3 N–H and O–H groups in total. The van der Waals surface area contributed by atoms with Crippen LogP contribution in [-0.4, -0.2) is 39.0 Å². The Kier molecular flexibility index (Phi) is 5.14. The van der Waals surface area contributed by atoms with Crippen molar-refractivity contribution >= 4 is 27.9 Å². The average Bonchev–Trinajstić information content (AvgIpc) is 2.27. The molecule has 0 radical (unpaired) electrons. The topological polar surface area (TPSA) is 95.5 Å². The van der Waals surface area contributed by atoms with Crippen molar-refractivity contribution in [2.24, 2.45) is 0 Å². The van der Waals surface area contributed by atoms with Crippen LogP contribution in [0.2, 0.25) is 0 Å². The highest BCUT2D eigenvalue weighted by atomic mass is 32.2. The summed E-state index contributed by atoms with van der Waals surface area (Å²) in [5.74, 6) is -0.623. The van der Waals surface area contributed by atoms with Crippen molar-refractivity contribution in [1.29, 1.82) is 0 Å². The molecule has 0 atom stereocenters. The molecule has 1 aromatic rings. The Hall–Kier alpha value is -1.38. The van der Waals surface area contributed by atoms with Crippen molar-refractivity contribution in [2.75, 3.05) is 18.5 Å². The van der Waals surface area contributed by atoms with Crippen LogP contribution in [0, 0.1) is 0 Å². The molecule has 0 spiro atoms. The summed E-state index contributed by atoms with van der Waals surface area (Å²) >= 11 is 0. The SMILES string of the molecule is O=C(BS(=O)(=O)NCCO)Nc1ccccc1. The van der Waals surface area contributed by atoms with E-state index < -0.39 is 22.2 Å². The third-order valence-electron chi connectivity index (χ3n) is 1.81. The number of aliphatic hydroxyl groups excluding tert-OH is 1. The lowest BCUT2D eigenvalue weighted by Crippen LogP contribution is -2.36. The molecule has 0 unspecified atom stereocenters. The van der Waals surface area contributed by atoms with Crippen molar-refractivity contribution in [3.8, 4) is 0 Å². The van der Waals surface area contributed by atoms with Gasteiger partial charge in [-0.05, 0) is 12.1 Å². The van der Waals surface area contributed by atoms with Gasteiger partial charge in [-0.2, -0.15) is 0 Å². The lowest BCUT2D eigenvalue weighted by molar-refractivity contribution is 0.268. The van der Waals surface area contributed by atoms with Crippen molar-refractivity contribution in [1.82, 2.24) is 4.72 Å². The molecule has 0 saturated heterocycles. The first-order valence-electron chi connectivity index (χ1n) is 4.96. The largest absolute Gasteiger partial charge is 0.398 e. The summed E-state index contributed by atoms with van der Waals surface area (Å²) in [5.41, 5.74) is 0.537. The Labute approximate surface area is 100 Å². The Morgan fingerprint density at radius 3 is 2.53 bits per heavy atom. The van der Waals surface area contributed by atoms with Gasteiger partial charge in [0.1, 0.15) is 0 Å². The lowest BCUT2D eigenvalue weighted by atomic mass is 10.1. The third kappa shape index (κ3) is 5.48. The number of benzene rings is 1. The van der Waals surface area contributed by atoms with Crippen molar-refractivity contribution in [3.05, 3.63) is 30.3 Å². The molecule has 0 aliphatic carbocycles. The number of anilines is 1. The zero-order chi connectivity index (χ0) is 12.7. The fraction of sp³-hybridized carbons (Fsp3) is 0.222. The Balaban J connectivity index is 2.50. The smallest absolute Gasteiger partial charge is 0.395 e. The van der Waals surface area contributed by atoms with E-state index in [0.717, 1.165) is 0 Å². The zero-order valence-electron chi connectivity index (χ0n) is 9.09. The number of carbonyl (C=O) groups is 1. The molecule has 0 aliphatic heterocycles. The summed E-state index contributed by atoms with van der Waals surface area (Å²) in [5, 5.41) is 10.9. The summed E-state index contributed by atoms with van der Waals surface area (Å²) in [6.45, 7) is -1.07. The van der Waals surface area contributed by atoms with Gasteiger partial charge in [-0.3, -0.25) is 4.79 Å². The quantitative estimate of drug-likeness (QED) is 0.597. The minimum Gasteiger partial charge on any atom is -0.395 e. The highest BCUT2D eigenvalue weighted by molar-refractivity contribution is 8.16. The molecule has 0 aromatic heterocycles. The van der Waals surface area contributed by atoms with Gasteiger partial charge in [0.05, 0.1) is 6.61 Å². The minimum atomic E-state index is -3.69. The van der Waals surface area contributed by atoms with E-state index in [1.54, 1.807) is 30.3 Å². The molecule has 1 aromatic carbocycles. The van der Waals surface area contributed by atoms with Gasteiger partial charge in [0, 0.05) is 12.2 Å². The predicted octanol–water partition coefficient (Wildman–Crippen LogP) is -0.518. The molecule has 0 saturated carbocycles. The van der Waals surface area contributed by atoms with Gasteiger partial charge in [0.2, 0.25) is 0 Å². The summed E-state index contributed by atoms with van der Waals surface area (Å²) in [6, 6.07) is 8.56. The van der Waals surface area contributed by atoms with Crippen LogP contribution >= 0.6 is 0 Å². The Morgan fingerprint density at radius 2 is 1.94 bits per heavy atom. The molecule has 0 fully saturated rings. The number of aliphatic hydroxyl groups is 1. The maximum atomic E-state index is 11.4. The fourth-order valence-electron chi connectivity index (χ4n) is 1.14. The summed E-state index contributed by atoms with van der Waals surface area (Å²) < 4.78 is 24.7. The molecule has 92 valence electrons. The minimum absolute atomic E-state index is 0.0963. The molecule has 0 aliphatic rings. The van der Waals surface area contributed by atoms with E-state index in [1.807, 2.05) is 0 Å². The highest BCUT2D eigenvalue weighted by Crippen LogP contribution is 2.04. The Morgan fingerprint density at radius 1 is 1.29 bits per heavy atom. The first-order chi connectivity index (χ1) is 8.03. The van der Waals surface area contributed by atoms with Gasteiger partial charge < -0.3 is 10.4 Å². The van der Waals surface area contributed by atoms with Gasteiger partial charge in [-0.25, -0.2) is 13.1 Å². The van der Waals surface area contributed by atoms with Crippen LogP contribution in [-0.2, 0) is 9.87 Å². The van der Waals surface area contributed by atoms with Gasteiger partial charge in [0.25, 0.3) is 0 Å². The summed E-state index contributed by atoms with van der Waals surface area (Å²) in [6.07, 6.45) is 0. The summed E-state index contributed by atoms with van der Waals surface area (Å²) in [7, 11) is -3.69. The zero-order valence-corrected chi connectivity index (χ0v) is 9.90. The number of nitrogens with one attached hydrogen (secondary N) is 2. The van der Waals surface area contributed by atoms with Crippen LogP contribution in [0.3, 0.4) is 0 Å². The van der Waals surface area contributed by atoms with E-state index in [-0.39, 0.29) is 13.2 Å². The van der Waals surface area contributed by atoms with Crippen LogP contribution in [0.25, 0.3) is 0 Å². The summed E-state index contributed by atoms with van der Waals surface area (Å²) in [4.78, 5) is 11.4. The molecule has 6 nitrogen and oxygen atoms in total. The monoisotopic (exact) mass is 256 g/mol. The maximum absolute atomic E-state index is 11.4. The van der Waals surface area contributed by atoms with E-state index in [2.05, 4.69) is 10.0 Å². The van der Waals surface area contributed by atoms with E-state index in [1.165, 1.54) is 0 Å². The first kappa shape index (κ1) is 13.7. The van der Waals surface area contributed by atoms with Crippen molar-refractivity contribution in [3.63, 3.8) is 0 Å². The second-order valence-corrected chi connectivity index (χ2v) is 5.10. The second kappa shape index (κ2) is 6.38. The van der Waals surface area contributed by atoms with E-state index >= 15 is 0 Å². The van der Waals surface area contributed by atoms with E-state index in [9.17, 15) is 13.2 Å². The van der Waals surface area contributed by atoms with Crippen molar-refractivity contribution in [2.45, 2.75) is 0 Å². The van der Waals surface area contributed by atoms with Crippen LogP contribution in [0.15, 0.2) is 30.3 Å². The molecule has 1 amide bonds. The normalized spacial score (nSPS) is 10.9. The van der Waals surface area contributed by atoms with Crippen LogP contribution in [0.4, 0.5) is 10.5 Å². The molecule has 0 heterocycles. The number of para-hydroxylation sites is 1. The first-order valence-corrected chi connectivity index (χ1v) is 6.62. The predicted molar refractivity (Wildman–Crippen MR) is 66.6 cm³/mol. The van der Waals surface area contributed by atoms with Gasteiger partial charge in [-0.15, -0.1) is 0 Å². The number of amides is 1. The molecule has 17 heavy (non-hydrogen) atoms.